The molecule has 3 N–H and O–H groups in total. The Labute approximate surface area is 126 Å². The maximum absolute atomic E-state index is 5.97. The Hall–Kier alpha value is -1.59. The Balaban J connectivity index is 1.55. The standard InChI is InChI=1S/C16H24N4O/c1-20-7-8-21-15(11-20)10-18-16(17)19-14-6-5-12-3-2-4-13(12)9-14/h5-6,9,15H,2-4,7-8,10-11H2,1H3,(H3,17,18,19). The van der Waals surface area contributed by atoms with Crippen LogP contribution < -0.4 is 11.1 Å². The Morgan fingerprint density at radius 1 is 1.43 bits per heavy atom. The lowest BCUT2D eigenvalue weighted by molar-refractivity contribution is -0.0136. The van der Waals surface area contributed by atoms with Gasteiger partial charge in [0.15, 0.2) is 5.96 Å². The number of hydrogen-bond acceptors (Lipinski definition) is 3. The van der Waals surface area contributed by atoms with Gasteiger partial charge in [0.25, 0.3) is 0 Å². The average Bonchev–Trinajstić information content (AvgIpc) is 2.93. The number of aryl methyl sites for hydroxylation is 2. The minimum absolute atomic E-state index is 0.143. The van der Waals surface area contributed by atoms with Crippen molar-refractivity contribution in [1.29, 1.82) is 0 Å². The molecule has 0 amide bonds. The van der Waals surface area contributed by atoms with E-state index in [0.717, 1.165) is 25.4 Å². The van der Waals surface area contributed by atoms with E-state index in [4.69, 9.17) is 10.5 Å². The maximum Gasteiger partial charge on any atom is 0.193 e. The van der Waals surface area contributed by atoms with Crippen molar-refractivity contribution in [1.82, 2.24) is 4.90 Å². The van der Waals surface area contributed by atoms with E-state index in [1.165, 1.54) is 30.4 Å². The highest BCUT2D eigenvalue weighted by atomic mass is 16.5. The number of nitrogens with one attached hydrogen (secondary N) is 1. The van der Waals surface area contributed by atoms with E-state index < -0.39 is 0 Å². The second-order valence-electron chi connectivity index (χ2n) is 5.94. The molecular formula is C16H24N4O. The molecule has 2 aliphatic rings. The molecule has 1 saturated heterocycles. The predicted octanol–water partition coefficient (Wildman–Crippen LogP) is 1.23. The Bertz CT molecular complexity index is 529. The molecule has 1 aliphatic carbocycles. The van der Waals surface area contributed by atoms with Gasteiger partial charge < -0.3 is 20.7 Å². The summed E-state index contributed by atoms with van der Waals surface area (Å²) >= 11 is 0. The lowest BCUT2D eigenvalue weighted by atomic mass is 10.1. The van der Waals surface area contributed by atoms with Gasteiger partial charge >= 0.3 is 0 Å². The number of nitrogens with two attached hydrogens (primary N) is 1. The van der Waals surface area contributed by atoms with Crippen molar-refractivity contribution in [2.75, 3.05) is 38.6 Å². The van der Waals surface area contributed by atoms with Gasteiger partial charge in [-0.25, -0.2) is 0 Å². The number of hydrogen-bond donors (Lipinski definition) is 2. The number of anilines is 1. The third kappa shape index (κ3) is 3.74. The molecule has 1 atom stereocenters. The van der Waals surface area contributed by atoms with E-state index >= 15 is 0 Å². The van der Waals surface area contributed by atoms with Gasteiger partial charge in [-0.1, -0.05) is 6.07 Å². The summed E-state index contributed by atoms with van der Waals surface area (Å²) in [5.74, 6) is 0.463. The molecule has 21 heavy (non-hydrogen) atoms. The first-order chi connectivity index (χ1) is 10.2. The van der Waals surface area contributed by atoms with E-state index in [-0.39, 0.29) is 6.10 Å². The molecule has 1 unspecified atom stereocenters. The zero-order valence-electron chi connectivity index (χ0n) is 12.6. The van der Waals surface area contributed by atoms with E-state index in [1.54, 1.807) is 0 Å². The van der Waals surface area contributed by atoms with E-state index in [9.17, 15) is 0 Å². The summed E-state index contributed by atoms with van der Waals surface area (Å²) in [6, 6.07) is 6.46. The zero-order chi connectivity index (χ0) is 14.7. The maximum atomic E-state index is 5.97. The number of ether oxygens (including phenoxy) is 1. The van der Waals surface area contributed by atoms with Crippen LogP contribution >= 0.6 is 0 Å². The van der Waals surface area contributed by atoms with E-state index in [2.05, 4.69) is 40.5 Å². The summed E-state index contributed by atoms with van der Waals surface area (Å²) in [5.41, 5.74) is 9.90. The molecule has 1 fully saturated rings. The normalized spacial score (nSPS) is 23.1. The number of nitrogens with zero attached hydrogens (tertiary/aromatic N) is 2. The molecule has 0 radical (unpaired) electrons. The number of guanidine groups is 1. The van der Waals surface area contributed by atoms with Gasteiger partial charge in [-0.3, -0.25) is 4.99 Å². The van der Waals surface area contributed by atoms with Crippen molar-refractivity contribution in [3.63, 3.8) is 0 Å². The largest absolute Gasteiger partial charge is 0.374 e. The molecular weight excluding hydrogens is 264 g/mol. The van der Waals surface area contributed by atoms with Crippen LogP contribution in [0, 0.1) is 0 Å². The molecule has 1 aromatic rings. The second-order valence-corrected chi connectivity index (χ2v) is 5.94. The number of morpholine rings is 1. The number of rotatable bonds is 3. The molecule has 0 aromatic heterocycles. The minimum atomic E-state index is 0.143. The first kappa shape index (κ1) is 14.4. The fourth-order valence-corrected chi connectivity index (χ4v) is 3.01. The Morgan fingerprint density at radius 2 is 2.29 bits per heavy atom. The zero-order valence-corrected chi connectivity index (χ0v) is 12.6. The summed E-state index contributed by atoms with van der Waals surface area (Å²) in [6.45, 7) is 3.28. The van der Waals surface area contributed by atoms with Crippen LogP contribution in [-0.4, -0.2) is 50.3 Å². The highest BCUT2D eigenvalue weighted by molar-refractivity contribution is 5.92. The summed E-state index contributed by atoms with van der Waals surface area (Å²) in [5, 5.41) is 3.18. The smallest absolute Gasteiger partial charge is 0.193 e. The van der Waals surface area contributed by atoms with Crippen molar-refractivity contribution in [2.45, 2.75) is 25.4 Å². The summed E-state index contributed by atoms with van der Waals surface area (Å²) < 4.78 is 5.68. The summed E-state index contributed by atoms with van der Waals surface area (Å²) in [7, 11) is 2.10. The van der Waals surface area contributed by atoms with Gasteiger partial charge in [0, 0.05) is 18.8 Å². The van der Waals surface area contributed by atoms with Crippen molar-refractivity contribution >= 4 is 11.6 Å². The van der Waals surface area contributed by atoms with Crippen LogP contribution in [-0.2, 0) is 17.6 Å². The topological polar surface area (TPSA) is 62.9 Å². The summed E-state index contributed by atoms with van der Waals surface area (Å²) in [4.78, 5) is 6.66. The Kier molecular flexibility index (Phi) is 4.41. The SMILES string of the molecule is CN1CCOC(CN=C(N)Nc2ccc3c(c2)CCC3)C1. The fraction of sp³-hybridized carbons (Fsp3) is 0.562. The average molecular weight is 288 g/mol. The molecule has 5 heteroatoms. The van der Waals surface area contributed by atoms with Crippen LogP contribution in [0.15, 0.2) is 23.2 Å². The number of benzene rings is 1. The lowest BCUT2D eigenvalue weighted by Crippen LogP contribution is -2.41. The van der Waals surface area contributed by atoms with Crippen LogP contribution in [0.1, 0.15) is 17.5 Å². The molecule has 0 bridgehead atoms. The van der Waals surface area contributed by atoms with Crippen LogP contribution in [0.4, 0.5) is 5.69 Å². The Morgan fingerprint density at radius 3 is 3.14 bits per heavy atom. The molecule has 1 aliphatic heterocycles. The second kappa shape index (κ2) is 6.45. The molecule has 5 nitrogen and oxygen atoms in total. The van der Waals surface area contributed by atoms with Gasteiger partial charge in [0.2, 0.25) is 0 Å². The van der Waals surface area contributed by atoms with Crippen LogP contribution in [0.2, 0.25) is 0 Å². The molecule has 0 saturated carbocycles. The molecule has 1 heterocycles. The van der Waals surface area contributed by atoms with Crippen LogP contribution in [0.3, 0.4) is 0 Å². The lowest BCUT2D eigenvalue weighted by Gasteiger charge is -2.29. The van der Waals surface area contributed by atoms with E-state index in [1.807, 2.05) is 0 Å². The molecule has 114 valence electrons. The predicted molar refractivity (Wildman–Crippen MR) is 85.8 cm³/mol. The number of likely N-dealkylation sites (N-methyl/N-ethyl adjacent to an activating group) is 1. The van der Waals surface area contributed by atoms with Crippen molar-refractivity contribution in [3.05, 3.63) is 29.3 Å². The van der Waals surface area contributed by atoms with Gasteiger partial charge in [-0.05, 0) is 49.6 Å². The first-order valence-corrected chi connectivity index (χ1v) is 7.69. The monoisotopic (exact) mass is 288 g/mol. The van der Waals surface area contributed by atoms with Gasteiger partial charge in [0.1, 0.15) is 0 Å². The highest BCUT2D eigenvalue weighted by Gasteiger charge is 2.17. The molecule has 3 rings (SSSR count). The van der Waals surface area contributed by atoms with Gasteiger partial charge in [0.05, 0.1) is 19.3 Å². The fourth-order valence-electron chi connectivity index (χ4n) is 3.01. The molecule has 0 spiro atoms. The third-order valence-corrected chi connectivity index (χ3v) is 4.18. The number of fused-ring (bicyclic) bond motifs is 1. The van der Waals surface area contributed by atoms with Crippen molar-refractivity contribution in [2.24, 2.45) is 10.7 Å². The third-order valence-electron chi connectivity index (χ3n) is 4.18. The van der Waals surface area contributed by atoms with Gasteiger partial charge in [-0.15, -0.1) is 0 Å². The quantitative estimate of drug-likeness (QED) is 0.649. The van der Waals surface area contributed by atoms with E-state index in [0.29, 0.717) is 12.5 Å². The van der Waals surface area contributed by atoms with Crippen molar-refractivity contribution < 1.29 is 4.74 Å². The van der Waals surface area contributed by atoms with Crippen LogP contribution in [0.5, 0.6) is 0 Å². The van der Waals surface area contributed by atoms with Crippen molar-refractivity contribution in [3.8, 4) is 0 Å². The van der Waals surface area contributed by atoms with Crippen LogP contribution in [0.25, 0.3) is 0 Å². The first-order valence-electron chi connectivity index (χ1n) is 7.69. The van der Waals surface area contributed by atoms with Gasteiger partial charge in [-0.2, -0.15) is 0 Å². The summed E-state index contributed by atoms with van der Waals surface area (Å²) in [6.07, 6.45) is 3.77. The minimum Gasteiger partial charge on any atom is -0.374 e. The highest BCUT2D eigenvalue weighted by Crippen LogP contribution is 2.24. The number of aliphatic imine (C=N–C) groups is 1. The molecule has 1 aromatic carbocycles.